The Morgan fingerprint density at radius 3 is 2.33 bits per heavy atom. The van der Waals surface area contributed by atoms with Crippen LogP contribution >= 0.6 is 0 Å². The number of rotatable bonds is 3. The van der Waals surface area contributed by atoms with Crippen molar-refractivity contribution in [2.24, 2.45) is 0 Å². The summed E-state index contributed by atoms with van der Waals surface area (Å²) in [5.74, 6) is 1.79. The van der Waals surface area contributed by atoms with Crippen LogP contribution in [0, 0.1) is 0 Å². The largest absolute Gasteiger partial charge is 0.356 e. The summed E-state index contributed by atoms with van der Waals surface area (Å²) in [7, 11) is 0. The minimum atomic E-state index is 0.775. The highest BCUT2D eigenvalue weighted by Gasteiger charge is 2.16. The Hall–Kier alpha value is -2.75. The maximum Gasteiger partial charge on any atom is 0.162 e. The molecule has 0 amide bonds. The third-order valence-corrected chi connectivity index (χ3v) is 4.38. The fourth-order valence-corrected chi connectivity index (χ4v) is 3.10. The van der Waals surface area contributed by atoms with E-state index < -0.39 is 0 Å². The molecule has 4 heteroatoms. The van der Waals surface area contributed by atoms with E-state index in [2.05, 4.69) is 28.1 Å². The van der Waals surface area contributed by atoms with Crippen molar-refractivity contribution in [1.82, 2.24) is 15.0 Å². The molecule has 0 spiro atoms. The third kappa shape index (κ3) is 3.13. The Morgan fingerprint density at radius 2 is 1.58 bits per heavy atom. The number of aromatic nitrogens is 3. The summed E-state index contributed by atoms with van der Waals surface area (Å²) >= 11 is 0. The number of piperidine rings is 1. The monoisotopic (exact) mass is 316 g/mol. The fraction of sp³-hybridized carbons (Fsp3) is 0.250. The molecule has 1 fully saturated rings. The number of pyridine rings is 1. The first kappa shape index (κ1) is 14.8. The lowest BCUT2D eigenvalue weighted by Crippen LogP contribution is -2.30. The van der Waals surface area contributed by atoms with Crippen LogP contribution in [0.2, 0.25) is 0 Å². The van der Waals surface area contributed by atoms with Gasteiger partial charge in [0, 0.05) is 42.7 Å². The summed E-state index contributed by atoms with van der Waals surface area (Å²) in [5, 5.41) is 0. The van der Waals surface area contributed by atoms with E-state index >= 15 is 0 Å². The molecule has 0 aliphatic carbocycles. The molecule has 24 heavy (non-hydrogen) atoms. The van der Waals surface area contributed by atoms with Gasteiger partial charge in [-0.3, -0.25) is 4.98 Å². The summed E-state index contributed by atoms with van der Waals surface area (Å²) in [6.07, 6.45) is 7.41. The Bertz CT molecular complexity index is 739. The summed E-state index contributed by atoms with van der Waals surface area (Å²) in [6, 6.07) is 16.3. The van der Waals surface area contributed by atoms with Crippen molar-refractivity contribution >= 4 is 5.82 Å². The molecule has 0 radical (unpaired) electrons. The normalized spacial score (nSPS) is 14.6. The molecule has 0 saturated carbocycles. The molecule has 4 rings (SSSR count). The van der Waals surface area contributed by atoms with Gasteiger partial charge < -0.3 is 4.90 Å². The molecule has 1 aromatic carbocycles. The fourth-order valence-electron chi connectivity index (χ4n) is 3.10. The van der Waals surface area contributed by atoms with E-state index in [-0.39, 0.29) is 0 Å². The van der Waals surface area contributed by atoms with Gasteiger partial charge in [0.1, 0.15) is 5.82 Å². The molecule has 1 aliphatic rings. The van der Waals surface area contributed by atoms with Gasteiger partial charge in [0.15, 0.2) is 5.82 Å². The zero-order valence-corrected chi connectivity index (χ0v) is 13.6. The lowest BCUT2D eigenvalue weighted by Gasteiger charge is -2.28. The minimum absolute atomic E-state index is 0.775. The second-order valence-corrected chi connectivity index (χ2v) is 6.09. The quantitative estimate of drug-likeness (QED) is 0.726. The molecular formula is C20H20N4. The van der Waals surface area contributed by atoms with Crippen molar-refractivity contribution in [1.29, 1.82) is 0 Å². The smallest absolute Gasteiger partial charge is 0.162 e. The van der Waals surface area contributed by atoms with Crippen molar-refractivity contribution in [2.75, 3.05) is 18.0 Å². The van der Waals surface area contributed by atoms with Gasteiger partial charge in [-0.15, -0.1) is 0 Å². The van der Waals surface area contributed by atoms with E-state index in [1.165, 1.54) is 19.3 Å². The van der Waals surface area contributed by atoms with Crippen molar-refractivity contribution in [3.05, 3.63) is 60.9 Å². The van der Waals surface area contributed by atoms with E-state index in [0.29, 0.717) is 0 Å². The maximum absolute atomic E-state index is 4.85. The van der Waals surface area contributed by atoms with Gasteiger partial charge in [-0.2, -0.15) is 0 Å². The molecule has 120 valence electrons. The average molecular weight is 316 g/mol. The Labute approximate surface area is 142 Å². The highest BCUT2D eigenvalue weighted by molar-refractivity contribution is 5.67. The first-order valence-corrected chi connectivity index (χ1v) is 8.50. The number of hydrogen-bond acceptors (Lipinski definition) is 4. The zero-order valence-electron chi connectivity index (χ0n) is 13.6. The van der Waals surface area contributed by atoms with Gasteiger partial charge in [-0.25, -0.2) is 9.97 Å². The van der Waals surface area contributed by atoms with Crippen molar-refractivity contribution < 1.29 is 0 Å². The highest BCUT2D eigenvalue weighted by Crippen LogP contribution is 2.27. The summed E-state index contributed by atoms with van der Waals surface area (Å²) in [5.41, 5.74) is 2.99. The van der Waals surface area contributed by atoms with Crippen molar-refractivity contribution in [2.45, 2.75) is 19.3 Å². The predicted octanol–water partition coefficient (Wildman–Crippen LogP) is 4.20. The lowest BCUT2D eigenvalue weighted by molar-refractivity contribution is 0.573. The van der Waals surface area contributed by atoms with Crippen molar-refractivity contribution in [3.8, 4) is 22.6 Å². The van der Waals surface area contributed by atoms with Crippen LogP contribution in [-0.4, -0.2) is 28.0 Å². The van der Waals surface area contributed by atoms with Crippen LogP contribution in [0.5, 0.6) is 0 Å². The standard InChI is InChI=1S/C20H20N4/c1-3-8-16(9-4-1)20-22-18(17-10-7-11-21-15-17)14-19(23-20)24-12-5-2-6-13-24/h1,3-4,7-11,14-15H,2,5-6,12-13H2. The van der Waals surface area contributed by atoms with Gasteiger partial charge in [0.2, 0.25) is 0 Å². The summed E-state index contributed by atoms with van der Waals surface area (Å²) < 4.78 is 0. The number of hydrogen-bond donors (Lipinski definition) is 0. The molecule has 2 aromatic heterocycles. The van der Waals surface area contributed by atoms with Crippen LogP contribution in [0.1, 0.15) is 19.3 Å². The van der Waals surface area contributed by atoms with Gasteiger partial charge in [-0.05, 0) is 31.4 Å². The van der Waals surface area contributed by atoms with Crippen LogP contribution in [0.25, 0.3) is 22.6 Å². The Balaban J connectivity index is 1.81. The Kier molecular flexibility index (Phi) is 4.19. The number of nitrogens with zero attached hydrogens (tertiary/aromatic N) is 4. The number of benzene rings is 1. The van der Waals surface area contributed by atoms with Crippen LogP contribution in [0.4, 0.5) is 5.82 Å². The second-order valence-electron chi connectivity index (χ2n) is 6.09. The van der Waals surface area contributed by atoms with Crippen LogP contribution in [0.15, 0.2) is 60.9 Å². The van der Waals surface area contributed by atoms with Crippen LogP contribution in [0.3, 0.4) is 0 Å². The molecule has 0 N–H and O–H groups in total. The molecule has 0 bridgehead atoms. The van der Waals surface area contributed by atoms with Gasteiger partial charge in [-0.1, -0.05) is 30.3 Å². The molecule has 1 aliphatic heterocycles. The van der Waals surface area contributed by atoms with Crippen molar-refractivity contribution in [3.63, 3.8) is 0 Å². The highest BCUT2D eigenvalue weighted by atomic mass is 15.2. The molecule has 1 saturated heterocycles. The van der Waals surface area contributed by atoms with E-state index in [4.69, 9.17) is 9.97 Å². The average Bonchev–Trinajstić information content (AvgIpc) is 2.70. The van der Waals surface area contributed by atoms with E-state index in [1.807, 2.05) is 36.5 Å². The maximum atomic E-state index is 4.85. The molecule has 0 unspecified atom stereocenters. The topological polar surface area (TPSA) is 41.9 Å². The van der Waals surface area contributed by atoms with Crippen LogP contribution < -0.4 is 4.90 Å². The summed E-state index contributed by atoms with van der Waals surface area (Å²) in [6.45, 7) is 2.13. The Morgan fingerprint density at radius 1 is 0.792 bits per heavy atom. The molecule has 4 nitrogen and oxygen atoms in total. The lowest BCUT2D eigenvalue weighted by atomic mass is 10.1. The molecular weight excluding hydrogens is 296 g/mol. The zero-order chi connectivity index (χ0) is 16.2. The first-order valence-electron chi connectivity index (χ1n) is 8.50. The van der Waals surface area contributed by atoms with Crippen LogP contribution in [-0.2, 0) is 0 Å². The molecule has 3 aromatic rings. The predicted molar refractivity (Wildman–Crippen MR) is 96.8 cm³/mol. The van der Waals surface area contributed by atoms with Gasteiger partial charge in [0.25, 0.3) is 0 Å². The molecule has 3 heterocycles. The molecule has 0 atom stereocenters. The van der Waals surface area contributed by atoms with E-state index in [1.54, 1.807) is 6.20 Å². The second kappa shape index (κ2) is 6.79. The number of anilines is 1. The van der Waals surface area contributed by atoms with E-state index in [9.17, 15) is 0 Å². The first-order chi connectivity index (χ1) is 11.9. The SMILES string of the molecule is c1ccc(-c2nc(-c3cccnc3)cc(N3CCCCC3)n2)cc1. The third-order valence-electron chi connectivity index (χ3n) is 4.38. The van der Waals surface area contributed by atoms with Gasteiger partial charge >= 0.3 is 0 Å². The minimum Gasteiger partial charge on any atom is -0.356 e. The summed E-state index contributed by atoms with van der Waals surface area (Å²) in [4.78, 5) is 16.2. The van der Waals surface area contributed by atoms with E-state index in [0.717, 1.165) is 41.6 Å². The van der Waals surface area contributed by atoms with Gasteiger partial charge in [0.05, 0.1) is 5.69 Å².